The van der Waals surface area contributed by atoms with Crippen molar-refractivity contribution in [2.45, 2.75) is 24.8 Å². The average molecular weight is 332 g/mol. The molecule has 0 aliphatic rings. The number of sulfone groups is 1. The van der Waals surface area contributed by atoms with E-state index in [1.165, 1.54) is 18.4 Å². The topological polar surface area (TPSA) is 90.9 Å². The average Bonchev–Trinajstić information content (AvgIpc) is 3.15. The Balaban J connectivity index is 1.89. The second-order valence-corrected chi connectivity index (χ2v) is 7.51. The minimum atomic E-state index is -3.22. The molecule has 0 saturated heterocycles. The Bertz CT molecular complexity index is 924. The minimum Gasteiger partial charge on any atom is -0.332 e. The van der Waals surface area contributed by atoms with E-state index in [0.717, 1.165) is 0 Å². The number of aromatic nitrogens is 4. The highest BCUT2D eigenvalue weighted by Crippen LogP contribution is 2.22. The quantitative estimate of drug-likeness (QED) is 0.729. The van der Waals surface area contributed by atoms with Crippen molar-refractivity contribution in [3.05, 3.63) is 36.5 Å². The third-order valence-electron chi connectivity index (χ3n) is 3.32. The summed E-state index contributed by atoms with van der Waals surface area (Å²) in [6.45, 7) is 4.05. The van der Waals surface area contributed by atoms with Gasteiger partial charge in [0.15, 0.2) is 15.5 Å². The Morgan fingerprint density at radius 1 is 1.13 bits per heavy atom. The first-order valence-corrected chi connectivity index (χ1v) is 8.93. The summed E-state index contributed by atoms with van der Waals surface area (Å²) in [7, 11) is -3.22. The highest BCUT2D eigenvalue weighted by molar-refractivity contribution is 7.90. The highest BCUT2D eigenvalue weighted by atomic mass is 32.2. The van der Waals surface area contributed by atoms with E-state index < -0.39 is 9.84 Å². The van der Waals surface area contributed by atoms with E-state index in [1.54, 1.807) is 16.8 Å². The van der Waals surface area contributed by atoms with E-state index in [2.05, 4.69) is 15.2 Å². The normalized spacial score (nSPS) is 12.0. The van der Waals surface area contributed by atoms with Gasteiger partial charge in [-0.15, -0.1) is 0 Å². The molecule has 3 aromatic rings. The fourth-order valence-corrected chi connectivity index (χ4v) is 2.67. The van der Waals surface area contributed by atoms with Crippen LogP contribution in [0.3, 0.4) is 0 Å². The molecule has 0 aliphatic carbocycles. The first-order chi connectivity index (χ1) is 10.8. The monoisotopic (exact) mass is 332 g/mol. The SMILES string of the molecule is CC(C)n1ccc(-c2nc(-c3ccc(S(C)(=O)=O)cc3)no2)n1. The van der Waals surface area contributed by atoms with Crippen LogP contribution in [-0.4, -0.2) is 34.6 Å². The molecule has 23 heavy (non-hydrogen) atoms. The molecule has 0 amide bonds. The van der Waals surface area contributed by atoms with Crippen LogP contribution in [0.2, 0.25) is 0 Å². The summed E-state index contributed by atoms with van der Waals surface area (Å²) in [5.41, 5.74) is 1.28. The molecule has 0 unspecified atom stereocenters. The van der Waals surface area contributed by atoms with E-state index in [1.807, 2.05) is 26.1 Å². The lowest BCUT2D eigenvalue weighted by molar-refractivity contribution is 0.429. The molecule has 0 atom stereocenters. The molecular formula is C15H16N4O3S. The van der Waals surface area contributed by atoms with Crippen molar-refractivity contribution in [1.29, 1.82) is 0 Å². The fraction of sp³-hybridized carbons (Fsp3) is 0.267. The second-order valence-electron chi connectivity index (χ2n) is 5.49. The number of hydrogen-bond donors (Lipinski definition) is 0. The Labute approximate surface area is 133 Å². The van der Waals surface area contributed by atoms with Crippen LogP contribution < -0.4 is 0 Å². The van der Waals surface area contributed by atoms with Crippen LogP contribution in [0, 0.1) is 0 Å². The van der Waals surface area contributed by atoms with Gasteiger partial charge < -0.3 is 4.52 Å². The smallest absolute Gasteiger partial charge is 0.278 e. The summed E-state index contributed by atoms with van der Waals surface area (Å²) in [5, 5.41) is 8.30. The van der Waals surface area contributed by atoms with Crippen molar-refractivity contribution in [2.24, 2.45) is 0 Å². The molecule has 7 nitrogen and oxygen atoms in total. The lowest BCUT2D eigenvalue weighted by Gasteiger charge is -2.02. The largest absolute Gasteiger partial charge is 0.332 e. The minimum absolute atomic E-state index is 0.245. The Morgan fingerprint density at radius 2 is 1.83 bits per heavy atom. The number of hydrogen-bond acceptors (Lipinski definition) is 6. The molecule has 0 N–H and O–H groups in total. The maximum Gasteiger partial charge on any atom is 0.278 e. The molecule has 2 heterocycles. The molecule has 8 heteroatoms. The first kappa shape index (κ1) is 15.4. The van der Waals surface area contributed by atoms with Gasteiger partial charge in [0.05, 0.1) is 4.90 Å². The van der Waals surface area contributed by atoms with Crippen LogP contribution in [0.15, 0.2) is 45.9 Å². The van der Waals surface area contributed by atoms with Crippen LogP contribution in [0.4, 0.5) is 0 Å². The molecule has 2 aromatic heterocycles. The molecule has 3 rings (SSSR count). The number of rotatable bonds is 4. The van der Waals surface area contributed by atoms with E-state index in [4.69, 9.17) is 4.52 Å². The molecule has 1 aromatic carbocycles. The van der Waals surface area contributed by atoms with Crippen molar-refractivity contribution in [3.63, 3.8) is 0 Å². The molecule has 120 valence electrons. The standard InChI is InChI=1S/C15H16N4O3S/c1-10(2)19-9-8-13(17-19)15-16-14(18-22-15)11-4-6-12(7-5-11)23(3,20)21/h4-10H,1-3H3. The molecular weight excluding hydrogens is 316 g/mol. The van der Waals surface area contributed by atoms with Gasteiger partial charge in [0.1, 0.15) is 0 Å². The summed E-state index contributed by atoms with van der Waals surface area (Å²) in [6.07, 6.45) is 3.02. The van der Waals surface area contributed by atoms with Gasteiger partial charge in [-0.3, -0.25) is 4.68 Å². The highest BCUT2D eigenvalue weighted by Gasteiger charge is 2.14. The van der Waals surface area contributed by atoms with Gasteiger partial charge in [0.2, 0.25) is 5.82 Å². The zero-order chi connectivity index (χ0) is 16.6. The predicted molar refractivity (Wildman–Crippen MR) is 84.4 cm³/mol. The molecule has 0 spiro atoms. The fourth-order valence-electron chi connectivity index (χ4n) is 2.04. The lowest BCUT2D eigenvalue weighted by atomic mass is 10.2. The maximum absolute atomic E-state index is 11.5. The Morgan fingerprint density at radius 3 is 2.39 bits per heavy atom. The van der Waals surface area contributed by atoms with Crippen LogP contribution in [-0.2, 0) is 9.84 Å². The summed E-state index contributed by atoms with van der Waals surface area (Å²) in [5.74, 6) is 0.714. The summed E-state index contributed by atoms with van der Waals surface area (Å²) >= 11 is 0. The third-order valence-corrected chi connectivity index (χ3v) is 4.45. The van der Waals surface area contributed by atoms with E-state index in [0.29, 0.717) is 23.0 Å². The second kappa shape index (κ2) is 5.62. The number of nitrogens with zero attached hydrogens (tertiary/aromatic N) is 4. The molecule has 0 fully saturated rings. The van der Waals surface area contributed by atoms with Crippen LogP contribution >= 0.6 is 0 Å². The predicted octanol–water partition coefficient (Wildman–Crippen LogP) is 2.58. The molecule has 0 aliphatic heterocycles. The maximum atomic E-state index is 11.5. The van der Waals surface area contributed by atoms with Crippen LogP contribution in [0.1, 0.15) is 19.9 Å². The molecule has 0 radical (unpaired) electrons. The van der Waals surface area contributed by atoms with Crippen molar-refractivity contribution in [3.8, 4) is 23.0 Å². The molecule has 0 saturated carbocycles. The van der Waals surface area contributed by atoms with E-state index in [9.17, 15) is 8.42 Å². The van der Waals surface area contributed by atoms with Gasteiger partial charge in [-0.2, -0.15) is 10.1 Å². The van der Waals surface area contributed by atoms with Gasteiger partial charge in [-0.05, 0) is 44.2 Å². The number of benzene rings is 1. The van der Waals surface area contributed by atoms with Crippen LogP contribution in [0.25, 0.3) is 23.0 Å². The zero-order valence-corrected chi connectivity index (χ0v) is 13.8. The first-order valence-electron chi connectivity index (χ1n) is 7.04. The zero-order valence-electron chi connectivity index (χ0n) is 13.0. The van der Waals surface area contributed by atoms with Gasteiger partial charge in [-0.1, -0.05) is 5.16 Å². The van der Waals surface area contributed by atoms with E-state index in [-0.39, 0.29) is 10.9 Å². The Kier molecular flexibility index (Phi) is 3.77. The summed E-state index contributed by atoms with van der Waals surface area (Å²) < 4.78 is 30.0. The Hall–Kier alpha value is -2.48. The van der Waals surface area contributed by atoms with Crippen molar-refractivity contribution in [1.82, 2.24) is 19.9 Å². The molecule has 0 bridgehead atoms. The van der Waals surface area contributed by atoms with Gasteiger partial charge in [0.25, 0.3) is 5.89 Å². The van der Waals surface area contributed by atoms with Crippen molar-refractivity contribution < 1.29 is 12.9 Å². The van der Waals surface area contributed by atoms with E-state index >= 15 is 0 Å². The third kappa shape index (κ3) is 3.16. The lowest BCUT2D eigenvalue weighted by Crippen LogP contribution is -2.00. The van der Waals surface area contributed by atoms with Gasteiger partial charge >= 0.3 is 0 Å². The van der Waals surface area contributed by atoms with Gasteiger partial charge in [0, 0.05) is 24.1 Å². The van der Waals surface area contributed by atoms with Gasteiger partial charge in [-0.25, -0.2) is 8.42 Å². The van der Waals surface area contributed by atoms with Crippen molar-refractivity contribution >= 4 is 9.84 Å². The summed E-state index contributed by atoms with van der Waals surface area (Å²) in [6, 6.07) is 8.40. The van der Waals surface area contributed by atoms with Crippen molar-refractivity contribution in [2.75, 3.05) is 6.26 Å². The van der Waals surface area contributed by atoms with Crippen LogP contribution in [0.5, 0.6) is 0 Å². The summed E-state index contributed by atoms with van der Waals surface area (Å²) in [4.78, 5) is 4.56.